The predicted molar refractivity (Wildman–Crippen MR) is 84.6 cm³/mol. The van der Waals surface area contributed by atoms with Gasteiger partial charge in [0, 0.05) is 18.2 Å². The number of hydrogen-bond acceptors (Lipinski definition) is 3. The van der Waals surface area contributed by atoms with Gasteiger partial charge in [0.1, 0.15) is 0 Å². The maximum Gasteiger partial charge on any atom is 0.165 e. The minimum absolute atomic E-state index is 0.530. The molecular weight excluding hydrogens is 250 g/mol. The molecule has 0 saturated heterocycles. The summed E-state index contributed by atoms with van der Waals surface area (Å²) in [5, 5.41) is 3.57. The van der Waals surface area contributed by atoms with Gasteiger partial charge in [-0.05, 0) is 19.4 Å². The van der Waals surface area contributed by atoms with E-state index in [9.17, 15) is 0 Å². The SMILES string of the molecule is CCCCCCC(C)NCc1cccc(OC)c1OC. The number of ether oxygens (including phenoxy) is 2. The fraction of sp³-hybridized carbons (Fsp3) is 0.647. The first kappa shape index (κ1) is 16.8. The fourth-order valence-electron chi connectivity index (χ4n) is 2.36. The van der Waals surface area contributed by atoms with Crippen LogP contribution in [-0.2, 0) is 6.54 Å². The van der Waals surface area contributed by atoms with Crippen LogP contribution in [0.3, 0.4) is 0 Å². The Kier molecular flexibility index (Phi) is 8.12. The highest BCUT2D eigenvalue weighted by Gasteiger charge is 2.10. The standard InChI is InChI=1S/C17H29NO2/c1-5-6-7-8-10-14(2)18-13-15-11-9-12-16(19-3)17(15)20-4/h9,11-12,14,18H,5-8,10,13H2,1-4H3. The molecule has 1 rings (SSSR count). The van der Waals surface area contributed by atoms with E-state index in [1.165, 1.54) is 32.1 Å². The van der Waals surface area contributed by atoms with Crippen molar-refractivity contribution in [2.75, 3.05) is 14.2 Å². The Morgan fingerprint density at radius 2 is 1.90 bits per heavy atom. The van der Waals surface area contributed by atoms with Crippen LogP contribution < -0.4 is 14.8 Å². The zero-order valence-electron chi connectivity index (χ0n) is 13.4. The van der Waals surface area contributed by atoms with Gasteiger partial charge in [0.05, 0.1) is 14.2 Å². The molecule has 0 radical (unpaired) electrons. The van der Waals surface area contributed by atoms with Crippen LogP contribution in [0.25, 0.3) is 0 Å². The van der Waals surface area contributed by atoms with Gasteiger partial charge in [-0.15, -0.1) is 0 Å². The Balaban J connectivity index is 2.44. The van der Waals surface area contributed by atoms with Gasteiger partial charge in [0.25, 0.3) is 0 Å². The lowest BCUT2D eigenvalue weighted by atomic mass is 10.1. The van der Waals surface area contributed by atoms with Crippen LogP contribution >= 0.6 is 0 Å². The highest BCUT2D eigenvalue weighted by molar-refractivity contribution is 5.46. The molecule has 1 aromatic carbocycles. The topological polar surface area (TPSA) is 30.5 Å². The number of methoxy groups -OCH3 is 2. The van der Waals surface area contributed by atoms with Crippen LogP contribution in [0.5, 0.6) is 11.5 Å². The first-order chi connectivity index (χ1) is 9.72. The maximum absolute atomic E-state index is 5.45. The van der Waals surface area contributed by atoms with Crippen molar-refractivity contribution < 1.29 is 9.47 Å². The summed E-state index contributed by atoms with van der Waals surface area (Å²) in [6, 6.07) is 6.54. The molecule has 20 heavy (non-hydrogen) atoms. The van der Waals surface area contributed by atoms with Crippen LogP contribution in [0.4, 0.5) is 0 Å². The van der Waals surface area contributed by atoms with Gasteiger partial charge in [-0.2, -0.15) is 0 Å². The van der Waals surface area contributed by atoms with Crippen LogP contribution in [0.15, 0.2) is 18.2 Å². The molecule has 0 fully saturated rings. The lowest BCUT2D eigenvalue weighted by molar-refractivity contribution is 0.349. The summed E-state index contributed by atoms with van der Waals surface area (Å²) in [6.45, 7) is 5.31. The number of para-hydroxylation sites is 1. The van der Waals surface area contributed by atoms with Crippen molar-refractivity contribution in [3.8, 4) is 11.5 Å². The van der Waals surface area contributed by atoms with Gasteiger partial charge in [0.15, 0.2) is 11.5 Å². The van der Waals surface area contributed by atoms with Gasteiger partial charge in [-0.25, -0.2) is 0 Å². The lowest BCUT2D eigenvalue weighted by Crippen LogP contribution is -2.25. The van der Waals surface area contributed by atoms with Crippen LogP contribution in [0.2, 0.25) is 0 Å². The Labute approximate surface area is 123 Å². The van der Waals surface area contributed by atoms with E-state index in [-0.39, 0.29) is 0 Å². The van der Waals surface area contributed by atoms with E-state index >= 15 is 0 Å². The summed E-state index contributed by atoms with van der Waals surface area (Å²) in [7, 11) is 3.36. The predicted octanol–water partition coefficient (Wildman–Crippen LogP) is 4.15. The molecule has 1 N–H and O–H groups in total. The molecule has 1 aromatic rings. The fourth-order valence-corrected chi connectivity index (χ4v) is 2.36. The van der Waals surface area contributed by atoms with Crippen molar-refractivity contribution in [1.82, 2.24) is 5.32 Å². The first-order valence-corrected chi connectivity index (χ1v) is 7.66. The van der Waals surface area contributed by atoms with Crippen molar-refractivity contribution in [1.29, 1.82) is 0 Å². The van der Waals surface area contributed by atoms with Crippen molar-refractivity contribution in [3.63, 3.8) is 0 Å². The van der Waals surface area contributed by atoms with Crippen molar-refractivity contribution in [2.45, 2.75) is 58.5 Å². The number of unbranched alkanes of at least 4 members (excludes halogenated alkanes) is 3. The molecule has 0 aromatic heterocycles. The molecule has 0 bridgehead atoms. The number of nitrogens with one attached hydrogen (secondary N) is 1. The third-order valence-corrected chi connectivity index (χ3v) is 3.62. The molecule has 0 aliphatic carbocycles. The normalized spacial score (nSPS) is 12.2. The Hall–Kier alpha value is -1.22. The third-order valence-electron chi connectivity index (χ3n) is 3.62. The summed E-state index contributed by atoms with van der Waals surface area (Å²) >= 11 is 0. The molecule has 0 amide bonds. The second-order valence-corrected chi connectivity index (χ2v) is 5.28. The highest BCUT2D eigenvalue weighted by atomic mass is 16.5. The van der Waals surface area contributed by atoms with Gasteiger partial charge < -0.3 is 14.8 Å². The molecule has 114 valence electrons. The van der Waals surface area contributed by atoms with Crippen molar-refractivity contribution in [3.05, 3.63) is 23.8 Å². The quantitative estimate of drug-likeness (QED) is 0.653. The van der Waals surface area contributed by atoms with Crippen molar-refractivity contribution >= 4 is 0 Å². The summed E-state index contributed by atoms with van der Waals surface area (Å²) in [5.74, 6) is 1.63. The van der Waals surface area contributed by atoms with Crippen LogP contribution in [-0.4, -0.2) is 20.3 Å². The number of hydrogen-bond donors (Lipinski definition) is 1. The van der Waals surface area contributed by atoms with E-state index in [1.54, 1.807) is 14.2 Å². The third kappa shape index (κ3) is 5.41. The van der Waals surface area contributed by atoms with E-state index in [0.717, 1.165) is 23.6 Å². The van der Waals surface area contributed by atoms with Crippen LogP contribution in [0.1, 0.15) is 51.5 Å². The Bertz CT molecular complexity index is 379. The second kappa shape index (κ2) is 9.65. The number of rotatable bonds is 10. The Morgan fingerprint density at radius 3 is 2.55 bits per heavy atom. The lowest BCUT2D eigenvalue weighted by Gasteiger charge is -2.16. The minimum Gasteiger partial charge on any atom is -0.493 e. The molecule has 0 heterocycles. The average Bonchev–Trinajstić information content (AvgIpc) is 2.48. The summed E-state index contributed by atoms with van der Waals surface area (Å²) in [4.78, 5) is 0. The van der Waals surface area contributed by atoms with Gasteiger partial charge in [-0.1, -0.05) is 44.7 Å². The minimum atomic E-state index is 0.530. The van der Waals surface area contributed by atoms with Gasteiger partial charge in [-0.3, -0.25) is 0 Å². The summed E-state index contributed by atoms with van der Waals surface area (Å²) in [5.41, 5.74) is 1.15. The van der Waals surface area contributed by atoms with Gasteiger partial charge >= 0.3 is 0 Å². The van der Waals surface area contributed by atoms with Gasteiger partial charge in [0.2, 0.25) is 0 Å². The molecule has 1 atom stereocenters. The van der Waals surface area contributed by atoms with E-state index < -0.39 is 0 Å². The Morgan fingerprint density at radius 1 is 1.10 bits per heavy atom. The van der Waals surface area contributed by atoms with E-state index in [2.05, 4.69) is 25.2 Å². The summed E-state index contributed by atoms with van der Waals surface area (Å²) < 4.78 is 10.8. The van der Waals surface area contributed by atoms with Crippen LogP contribution in [0, 0.1) is 0 Å². The molecule has 0 aliphatic heterocycles. The zero-order chi connectivity index (χ0) is 14.8. The average molecular weight is 279 g/mol. The molecule has 1 unspecified atom stereocenters. The molecule has 0 spiro atoms. The summed E-state index contributed by atoms with van der Waals surface area (Å²) in [6.07, 6.45) is 6.51. The zero-order valence-corrected chi connectivity index (χ0v) is 13.4. The molecule has 3 heteroatoms. The first-order valence-electron chi connectivity index (χ1n) is 7.66. The molecule has 0 saturated carbocycles. The maximum atomic E-state index is 5.45. The molecule has 3 nitrogen and oxygen atoms in total. The van der Waals surface area contributed by atoms with E-state index in [4.69, 9.17) is 9.47 Å². The molecule has 0 aliphatic rings. The van der Waals surface area contributed by atoms with E-state index in [0.29, 0.717) is 6.04 Å². The highest BCUT2D eigenvalue weighted by Crippen LogP contribution is 2.30. The number of benzene rings is 1. The largest absolute Gasteiger partial charge is 0.493 e. The smallest absolute Gasteiger partial charge is 0.165 e. The van der Waals surface area contributed by atoms with E-state index in [1.807, 2.05) is 12.1 Å². The molecular formula is C17H29NO2. The monoisotopic (exact) mass is 279 g/mol. The second-order valence-electron chi connectivity index (χ2n) is 5.28. The van der Waals surface area contributed by atoms with Crippen molar-refractivity contribution in [2.24, 2.45) is 0 Å².